The van der Waals surface area contributed by atoms with Crippen molar-refractivity contribution >= 4 is 0 Å². The molecule has 100 valence electrons. The van der Waals surface area contributed by atoms with E-state index in [0.717, 1.165) is 18.5 Å². The average molecular weight is 261 g/mol. The molecule has 1 N–H and O–H groups in total. The Bertz CT molecular complexity index is 523. The summed E-state index contributed by atoms with van der Waals surface area (Å²) >= 11 is 0. The average Bonchev–Trinajstić information content (AvgIpc) is 2.43. The van der Waals surface area contributed by atoms with Crippen LogP contribution in [0.5, 0.6) is 0 Å². The van der Waals surface area contributed by atoms with Crippen LogP contribution in [-0.2, 0) is 0 Å². The summed E-state index contributed by atoms with van der Waals surface area (Å²) in [7, 11) is 0. The van der Waals surface area contributed by atoms with Gasteiger partial charge in [0.1, 0.15) is 11.6 Å². The van der Waals surface area contributed by atoms with E-state index >= 15 is 0 Å². The maximum absolute atomic E-state index is 13.9. The number of rotatable bonds is 5. The van der Waals surface area contributed by atoms with Gasteiger partial charge >= 0.3 is 0 Å². The Kier molecular flexibility index (Phi) is 4.63. The molecule has 0 aromatic heterocycles. The van der Waals surface area contributed by atoms with Gasteiger partial charge in [0.15, 0.2) is 0 Å². The first-order valence-electron chi connectivity index (χ1n) is 6.45. The van der Waals surface area contributed by atoms with Crippen molar-refractivity contribution in [2.24, 2.45) is 0 Å². The minimum atomic E-state index is -0.286. The SMILES string of the molecule is CCCNC(c1ccc(F)cc1)c1ccccc1F. The van der Waals surface area contributed by atoms with Crippen molar-refractivity contribution in [2.45, 2.75) is 19.4 Å². The van der Waals surface area contributed by atoms with Crippen LogP contribution in [0, 0.1) is 11.6 Å². The topological polar surface area (TPSA) is 12.0 Å². The molecule has 0 amide bonds. The zero-order valence-electron chi connectivity index (χ0n) is 10.9. The minimum absolute atomic E-state index is 0.248. The Hall–Kier alpha value is -1.74. The molecular formula is C16H17F2N. The molecule has 2 aromatic carbocycles. The molecule has 0 saturated carbocycles. The van der Waals surface area contributed by atoms with Crippen molar-refractivity contribution in [1.82, 2.24) is 5.32 Å². The molecule has 19 heavy (non-hydrogen) atoms. The van der Waals surface area contributed by atoms with Crippen molar-refractivity contribution < 1.29 is 8.78 Å². The fraction of sp³-hybridized carbons (Fsp3) is 0.250. The lowest BCUT2D eigenvalue weighted by Crippen LogP contribution is -2.24. The largest absolute Gasteiger partial charge is 0.306 e. The van der Waals surface area contributed by atoms with Gasteiger partial charge in [-0.25, -0.2) is 8.78 Å². The molecule has 0 radical (unpaired) electrons. The third-order valence-electron chi connectivity index (χ3n) is 3.02. The van der Waals surface area contributed by atoms with Crippen molar-refractivity contribution in [3.05, 3.63) is 71.3 Å². The smallest absolute Gasteiger partial charge is 0.128 e. The van der Waals surface area contributed by atoms with Crippen LogP contribution in [0.25, 0.3) is 0 Å². The second-order valence-corrected chi connectivity index (χ2v) is 4.46. The molecule has 3 heteroatoms. The molecule has 0 bridgehead atoms. The molecule has 0 saturated heterocycles. The third-order valence-corrected chi connectivity index (χ3v) is 3.02. The van der Waals surface area contributed by atoms with Crippen LogP contribution in [0.3, 0.4) is 0 Å². The second-order valence-electron chi connectivity index (χ2n) is 4.46. The third kappa shape index (κ3) is 3.38. The monoisotopic (exact) mass is 261 g/mol. The first-order chi connectivity index (χ1) is 9.22. The van der Waals surface area contributed by atoms with Gasteiger partial charge < -0.3 is 5.32 Å². The van der Waals surface area contributed by atoms with E-state index in [2.05, 4.69) is 12.2 Å². The summed E-state index contributed by atoms with van der Waals surface area (Å²) in [5.74, 6) is -0.535. The Balaban J connectivity index is 2.35. The molecule has 2 aromatic rings. The van der Waals surface area contributed by atoms with Crippen LogP contribution in [-0.4, -0.2) is 6.54 Å². The van der Waals surface area contributed by atoms with Crippen LogP contribution in [0.2, 0.25) is 0 Å². The fourth-order valence-corrected chi connectivity index (χ4v) is 2.06. The first-order valence-corrected chi connectivity index (χ1v) is 6.45. The standard InChI is InChI=1S/C16H17F2N/c1-2-11-19-16(12-7-9-13(17)10-8-12)14-5-3-4-6-15(14)18/h3-10,16,19H,2,11H2,1H3. The molecule has 0 aliphatic heterocycles. The van der Waals surface area contributed by atoms with Gasteiger partial charge in [-0.15, -0.1) is 0 Å². The molecule has 0 aliphatic carbocycles. The summed E-state index contributed by atoms with van der Waals surface area (Å²) in [6.45, 7) is 2.83. The summed E-state index contributed by atoms with van der Waals surface area (Å²) in [5.41, 5.74) is 1.45. The van der Waals surface area contributed by atoms with E-state index in [1.165, 1.54) is 18.2 Å². The maximum atomic E-state index is 13.9. The molecule has 0 fully saturated rings. The van der Waals surface area contributed by atoms with E-state index in [9.17, 15) is 8.78 Å². The van der Waals surface area contributed by atoms with Gasteiger partial charge in [0.25, 0.3) is 0 Å². The molecule has 0 spiro atoms. The fourth-order valence-electron chi connectivity index (χ4n) is 2.06. The molecule has 1 nitrogen and oxygen atoms in total. The van der Waals surface area contributed by atoms with Crippen LogP contribution in [0.4, 0.5) is 8.78 Å². The molecule has 1 unspecified atom stereocenters. The zero-order valence-corrected chi connectivity index (χ0v) is 10.9. The molecule has 0 heterocycles. The first kappa shape index (κ1) is 13.7. The van der Waals surface area contributed by atoms with E-state index in [1.54, 1.807) is 24.3 Å². The number of halogens is 2. The van der Waals surface area contributed by atoms with Gasteiger partial charge in [-0.05, 0) is 36.7 Å². The Labute approximate surface area is 112 Å². The number of hydrogen-bond donors (Lipinski definition) is 1. The maximum Gasteiger partial charge on any atom is 0.128 e. The van der Waals surface area contributed by atoms with E-state index in [0.29, 0.717) is 5.56 Å². The highest BCUT2D eigenvalue weighted by Gasteiger charge is 2.16. The lowest BCUT2D eigenvalue weighted by Gasteiger charge is -2.20. The van der Waals surface area contributed by atoms with Gasteiger partial charge in [0.05, 0.1) is 6.04 Å². The highest BCUT2D eigenvalue weighted by Crippen LogP contribution is 2.24. The normalized spacial score (nSPS) is 12.4. The number of nitrogens with one attached hydrogen (secondary N) is 1. The summed E-state index contributed by atoms with van der Waals surface area (Å²) < 4.78 is 26.9. The van der Waals surface area contributed by atoms with Gasteiger partial charge in [-0.1, -0.05) is 37.3 Å². The number of hydrogen-bond acceptors (Lipinski definition) is 1. The molecular weight excluding hydrogens is 244 g/mol. The quantitative estimate of drug-likeness (QED) is 0.856. The van der Waals surface area contributed by atoms with Gasteiger partial charge in [0, 0.05) is 5.56 Å². The Morgan fingerprint density at radius 2 is 1.68 bits per heavy atom. The van der Waals surface area contributed by atoms with Crippen molar-refractivity contribution in [1.29, 1.82) is 0 Å². The van der Waals surface area contributed by atoms with Gasteiger partial charge in [-0.3, -0.25) is 0 Å². The predicted molar refractivity (Wildman–Crippen MR) is 72.9 cm³/mol. The van der Waals surface area contributed by atoms with Crippen LogP contribution < -0.4 is 5.32 Å². The minimum Gasteiger partial charge on any atom is -0.306 e. The zero-order chi connectivity index (χ0) is 13.7. The Morgan fingerprint density at radius 1 is 1.00 bits per heavy atom. The Morgan fingerprint density at radius 3 is 2.32 bits per heavy atom. The van der Waals surface area contributed by atoms with Gasteiger partial charge in [0.2, 0.25) is 0 Å². The van der Waals surface area contributed by atoms with Crippen molar-refractivity contribution in [3.63, 3.8) is 0 Å². The second kappa shape index (κ2) is 6.43. The van der Waals surface area contributed by atoms with Crippen LogP contribution in [0.1, 0.15) is 30.5 Å². The predicted octanol–water partition coefficient (Wildman–Crippen LogP) is 4.05. The highest BCUT2D eigenvalue weighted by molar-refractivity contribution is 5.32. The highest BCUT2D eigenvalue weighted by atomic mass is 19.1. The van der Waals surface area contributed by atoms with E-state index < -0.39 is 0 Å². The van der Waals surface area contributed by atoms with Crippen LogP contribution >= 0.6 is 0 Å². The summed E-state index contributed by atoms with van der Waals surface area (Å²) in [6.07, 6.45) is 0.951. The summed E-state index contributed by atoms with van der Waals surface area (Å²) in [4.78, 5) is 0. The van der Waals surface area contributed by atoms with E-state index in [-0.39, 0.29) is 17.7 Å². The molecule has 2 rings (SSSR count). The van der Waals surface area contributed by atoms with Crippen molar-refractivity contribution in [3.8, 4) is 0 Å². The number of benzene rings is 2. The molecule has 0 aliphatic rings. The van der Waals surface area contributed by atoms with E-state index in [1.807, 2.05) is 6.07 Å². The summed E-state index contributed by atoms with van der Waals surface area (Å²) in [6, 6.07) is 12.6. The lowest BCUT2D eigenvalue weighted by atomic mass is 9.98. The van der Waals surface area contributed by atoms with Crippen LogP contribution in [0.15, 0.2) is 48.5 Å². The van der Waals surface area contributed by atoms with Gasteiger partial charge in [-0.2, -0.15) is 0 Å². The lowest BCUT2D eigenvalue weighted by molar-refractivity contribution is 0.545. The van der Waals surface area contributed by atoms with Crippen molar-refractivity contribution in [2.75, 3.05) is 6.54 Å². The van der Waals surface area contributed by atoms with E-state index in [4.69, 9.17) is 0 Å². The molecule has 1 atom stereocenters. The summed E-state index contributed by atoms with van der Waals surface area (Å²) in [5, 5.41) is 3.30.